The lowest BCUT2D eigenvalue weighted by molar-refractivity contribution is -0.129. The van der Waals surface area contributed by atoms with Gasteiger partial charge in [0.2, 0.25) is 0 Å². The van der Waals surface area contributed by atoms with Crippen LogP contribution in [-0.2, 0) is 9.53 Å². The summed E-state index contributed by atoms with van der Waals surface area (Å²) >= 11 is 0. The third-order valence-electron chi connectivity index (χ3n) is 3.08. The van der Waals surface area contributed by atoms with E-state index in [9.17, 15) is 9.59 Å². The summed E-state index contributed by atoms with van der Waals surface area (Å²) in [5, 5.41) is 2.76. The molecule has 110 valence electrons. The van der Waals surface area contributed by atoms with Gasteiger partial charge in [0.15, 0.2) is 6.10 Å². The maximum absolute atomic E-state index is 12.0. The molecule has 0 saturated carbocycles. The molecular formula is C15H22N2O3. The summed E-state index contributed by atoms with van der Waals surface area (Å²) in [7, 11) is 0. The molecule has 0 bridgehead atoms. The number of carbonyl (C=O) groups is 2. The fourth-order valence-electron chi connectivity index (χ4n) is 1.59. The van der Waals surface area contributed by atoms with Gasteiger partial charge in [-0.05, 0) is 39.3 Å². The molecule has 1 aromatic rings. The van der Waals surface area contributed by atoms with E-state index in [1.807, 2.05) is 26.8 Å². The molecule has 0 fully saturated rings. The topological polar surface area (TPSA) is 81.4 Å². The molecule has 5 nitrogen and oxygen atoms in total. The van der Waals surface area contributed by atoms with Crippen LogP contribution in [0.1, 0.15) is 43.1 Å². The number of nitrogens with one attached hydrogen (secondary N) is 1. The van der Waals surface area contributed by atoms with Gasteiger partial charge in [-0.15, -0.1) is 0 Å². The van der Waals surface area contributed by atoms with Gasteiger partial charge in [-0.3, -0.25) is 4.79 Å². The van der Waals surface area contributed by atoms with Crippen LogP contribution in [0.5, 0.6) is 0 Å². The van der Waals surface area contributed by atoms with Crippen LogP contribution in [0.3, 0.4) is 0 Å². The van der Waals surface area contributed by atoms with Crippen LogP contribution < -0.4 is 11.1 Å². The molecule has 0 aromatic heterocycles. The van der Waals surface area contributed by atoms with Crippen molar-refractivity contribution in [3.63, 3.8) is 0 Å². The number of hydrogen-bond acceptors (Lipinski definition) is 4. The van der Waals surface area contributed by atoms with Crippen molar-refractivity contribution < 1.29 is 14.3 Å². The van der Waals surface area contributed by atoms with Gasteiger partial charge in [0.1, 0.15) is 0 Å². The van der Waals surface area contributed by atoms with Crippen molar-refractivity contribution in [1.82, 2.24) is 5.32 Å². The second-order valence-corrected chi connectivity index (χ2v) is 4.96. The Morgan fingerprint density at radius 3 is 2.60 bits per heavy atom. The third-order valence-corrected chi connectivity index (χ3v) is 3.08. The maximum atomic E-state index is 12.0. The number of aryl methyl sites for hydroxylation is 1. The van der Waals surface area contributed by atoms with Crippen LogP contribution >= 0.6 is 0 Å². The number of nitrogen functional groups attached to an aromatic ring is 1. The molecule has 0 aliphatic heterocycles. The van der Waals surface area contributed by atoms with Crippen molar-refractivity contribution in [1.29, 1.82) is 0 Å². The van der Waals surface area contributed by atoms with Gasteiger partial charge in [0.05, 0.1) is 5.56 Å². The Labute approximate surface area is 119 Å². The first kappa shape index (κ1) is 16.0. The number of hydrogen-bond donors (Lipinski definition) is 2. The largest absolute Gasteiger partial charge is 0.449 e. The fraction of sp³-hybridized carbons (Fsp3) is 0.467. The van der Waals surface area contributed by atoms with Crippen LogP contribution in [0, 0.1) is 6.92 Å². The molecule has 1 aromatic carbocycles. The number of carbonyl (C=O) groups excluding carboxylic acids is 2. The van der Waals surface area contributed by atoms with Crippen molar-refractivity contribution in [3.05, 3.63) is 29.3 Å². The van der Waals surface area contributed by atoms with E-state index in [2.05, 4.69) is 5.32 Å². The third kappa shape index (κ3) is 4.26. The van der Waals surface area contributed by atoms with E-state index in [0.717, 1.165) is 12.0 Å². The average Bonchev–Trinajstić information content (AvgIpc) is 2.40. The zero-order valence-corrected chi connectivity index (χ0v) is 12.4. The van der Waals surface area contributed by atoms with E-state index < -0.39 is 12.1 Å². The number of rotatable bonds is 5. The maximum Gasteiger partial charge on any atom is 0.341 e. The highest BCUT2D eigenvalue weighted by atomic mass is 16.5. The molecule has 1 rings (SSSR count). The minimum Gasteiger partial charge on any atom is -0.449 e. The van der Waals surface area contributed by atoms with Gasteiger partial charge < -0.3 is 15.8 Å². The summed E-state index contributed by atoms with van der Waals surface area (Å²) < 4.78 is 5.15. The minimum absolute atomic E-state index is 0.0488. The predicted molar refractivity (Wildman–Crippen MR) is 78.4 cm³/mol. The number of amides is 1. The van der Waals surface area contributed by atoms with Crippen molar-refractivity contribution in [2.75, 3.05) is 5.73 Å². The van der Waals surface area contributed by atoms with Gasteiger partial charge in [0.25, 0.3) is 5.91 Å². The molecule has 1 amide bonds. The highest BCUT2D eigenvalue weighted by Crippen LogP contribution is 2.15. The molecule has 0 aliphatic rings. The quantitative estimate of drug-likeness (QED) is 0.638. The number of benzene rings is 1. The first-order chi connectivity index (χ1) is 9.35. The highest BCUT2D eigenvalue weighted by Gasteiger charge is 2.21. The zero-order chi connectivity index (χ0) is 15.3. The monoisotopic (exact) mass is 278 g/mol. The normalized spacial score (nSPS) is 13.4. The van der Waals surface area contributed by atoms with Crippen LogP contribution in [-0.4, -0.2) is 24.0 Å². The van der Waals surface area contributed by atoms with E-state index in [-0.39, 0.29) is 17.5 Å². The lowest BCUT2D eigenvalue weighted by Gasteiger charge is -2.17. The Hall–Kier alpha value is -2.04. The van der Waals surface area contributed by atoms with Gasteiger partial charge in [0, 0.05) is 11.7 Å². The standard InChI is InChI=1S/C15H22N2O3/c1-5-10(3)17-14(18)11(4)20-15(19)12-8-9(2)6-7-13(12)16/h6-8,10-11H,5,16H2,1-4H3,(H,17,18). The molecule has 0 aliphatic carbocycles. The van der Waals surface area contributed by atoms with E-state index in [1.165, 1.54) is 0 Å². The van der Waals surface area contributed by atoms with E-state index >= 15 is 0 Å². The van der Waals surface area contributed by atoms with Crippen molar-refractivity contribution in [2.24, 2.45) is 0 Å². The summed E-state index contributed by atoms with van der Waals surface area (Å²) in [6.45, 7) is 7.26. The number of nitrogens with two attached hydrogens (primary N) is 1. The van der Waals surface area contributed by atoms with Crippen LogP contribution in [0.25, 0.3) is 0 Å². The summed E-state index contributed by atoms with van der Waals surface area (Å²) in [6.07, 6.45) is -0.0338. The summed E-state index contributed by atoms with van der Waals surface area (Å²) in [6, 6.07) is 5.16. The molecule has 2 atom stereocenters. The molecule has 0 heterocycles. The lowest BCUT2D eigenvalue weighted by atomic mass is 10.1. The fourth-order valence-corrected chi connectivity index (χ4v) is 1.59. The minimum atomic E-state index is -0.851. The predicted octanol–water partition coefficient (Wildman–Crippen LogP) is 2.04. The van der Waals surface area contributed by atoms with Crippen molar-refractivity contribution in [3.8, 4) is 0 Å². The smallest absolute Gasteiger partial charge is 0.341 e. The molecule has 0 radical (unpaired) electrons. The Kier molecular flexibility index (Phi) is 5.55. The molecular weight excluding hydrogens is 256 g/mol. The zero-order valence-electron chi connectivity index (χ0n) is 12.4. The number of anilines is 1. The molecule has 2 unspecified atom stereocenters. The number of ether oxygens (including phenoxy) is 1. The van der Waals surface area contributed by atoms with Crippen molar-refractivity contribution in [2.45, 2.75) is 46.3 Å². The molecule has 0 spiro atoms. The summed E-state index contributed by atoms with van der Waals surface area (Å²) in [5.74, 6) is -0.892. The first-order valence-corrected chi connectivity index (χ1v) is 6.72. The summed E-state index contributed by atoms with van der Waals surface area (Å²) in [5.41, 5.74) is 7.28. The molecule has 0 saturated heterocycles. The van der Waals surface area contributed by atoms with Crippen LogP contribution in [0.2, 0.25) is 0 Å². The molecule has 3 N–H and O–H groups in total. The van der Waals surface area contributed by atoms with Crippen LogP contribution in [0.4, 0.5) is 5.69 Å². The second kappa shape index (κ2) is 6.93. The van der Waals surface area contributed by atoms with Crippen LogP contribution in [0.15, 0.2) is 18.2 Å². The van der Waals surface area contributed by atoms with E-state index in [0.29, 0.717) is 5.69 Å². The Balaban J connectivity index is 2.70. The molecule has 20 heavy (non-hydrogen) atoms. The summed E-state index contributed by atoms with van der Waals surface area (Å²) in [4.78, 5) is 23.8. The van der Waals surface area contributed by atoms with Gasteiger partial charge in [-0.25, -0.2) is 4.79 Å². The van der Waals surface area contributed by atoms with Gasteiger partial charge in [-0.2, -0.15) is 0 Å². The average molecular weight is 278 g/mol. The first-order valence-electron chi connectivity index (χ1n) is 6.72. The SMILES string of the molecule is CCC(C)NC(=O)C(C)OC(=O)c1cc(C)ccc1N. The van der Waals surface area contributed by atoms with E-state index in [1.54, 1.807) is 19.1 Å². The van der Waals surface area contributed by atoms with Gasteiger partial charge >= 0.3 is 5.97 Å². The van der Waals surface area contributed by atoms with Gasteiger partial charge in [-0.1, -0.05) is 18.6 Å². The second-order valence-electron chi connectivity index (χ2n) is 4.96. The van der Waals surface area contributed by atoms with E-state index in [4.69, 9.17) is 10.5 Å². The Bertz CT molecular complexity index is 500. The number of esters is 1. The Morgan fingerprint density at radius 2 is 2.00 bits per heavy atom. The van der Waals surface area contributed by atoms with Crippen molar-refractivity contribution >= 4 is 17.6 Å². The molecule has 5 heteroatoms. The Morgan fingerprint density at radius 1 is 1.35 bits per heavy atom. The lowest BCUT2D eigenvalue weighted by Crippen LogP contribution is -2.40. The highest BCUT2D eigenvalue weighted by molar-refractivity contribution is 5.97.